The van der Waals surface area contributed by atoms with Crippen molar-refractivity contribution >= 4 is 33.0 Å². The van der Waals surface area contributed by atoms with Crippen molar-refractivity contribution in [2.75, 3.05) is 4.90 Å². The Morgan fingerprint density at radius 3 is 2.75 bits per heavy atom. The van der Waals surface area contributed by atoms with Gasteiger partial charge < -0.3 is 10.6 Å². The van der Waals surface area contributed by atoms with Crippen molar-refractivity contribution in [3.05, 3.63) is 50.6 Å². The standard InChI is InChI=1S/C16H19BrN2S/c1-11(18)15-5-4-14(8-16(15)17)19(13-2-3-13)9-12-6-7-20-10-12/h4-8,10-11,13H,2-3,9,18H2,1H3/t11-/m1/s1. The Morgan fingerprint density at radius 2 is 2.20 bits per heavy atom. The summed E-state index contributed by atoms with van der Waals surface area (Å²) in [6.07, 6.45) is 2.60. The SMILES string of the molecule is C[C@@H](N)c1ccc(N(Cc2ccsc2)C2CC2)cc1Br. The average Bonchev–Trinajstić information content (AvgIpc) is 3.12. The van der Waals surface area contributed by atoms with Crippen LogP contribution in [0.4, 0.5) is 5.69 Å². The summed E-state index contributed by atoms with van der Waals surface area (Å²) in [6, 6.07) is 9.53. The van der Waals surface area contributed by atoms with Crippen LogP contribution in [0.1, 0.15) is 36.9 Å². The molecule has 20 heavy (non-hydrogen) atoms. The van der Waals surface area contributed by atoms with Crippen molar-refractivity contribution in [2.24, 2.45) is 5.73 Å². The first-order valence-electron chi connectivity index (χ1n) is 6.98. The van der Waals surface area contributed by atoms with Crippen LogP contribution in [0.2, 0.25) is 0 Å². The highest BCUT2D eigenvalue weighted by Gasteiger charge is 2.29. The third-order valence-electron chi connectivity index (χ3n) is 3.73. The maximum absolute atomic E-state index is 5.98. The highest BCUT2D eigenvalue weighted by atomic mass is 79.9. The lowest BCUT2D eigenvalue weighted by Crippen LogP contribution is -2.24. The minimum Gasteiger partial charge on any atom is -0.364 e. The van der Waals surface area contributed by atoms with E-state index in [1.807, 2.05) is 6.92 Å². The van der Waals surface area contributed by atoms with Gasteiger partial charge >= 0.3 is 0 Å². The topological polar surface area (TPSA) is 29.3 Å². The predicted octanol–water partition coefficient (Wildman–Crippen LogP) is 4.70. The maximum Gasteiger partial charge on any atom is 0.0440 e. The Bertz CT molecular complexity index is 576. The Labute approximate surface area is 132 Å². The predicted molar refractivity (Wildman–Crippen MR) is 90.3 cm³/mol. The van der Waals surface area contributed by atoms with Crippen molar-refractivity contribution < 1.29 is 0 Å². The quantitative estimate of drug-likeness (QED) is 0.846. The smallest absolute Gasteiger partial charge is 0.0440 e. The van der Waals surface area contributed by atoms with E-state index in [0.29, 0.717) is 6.04 Å². The first-order chi connectivity index (χ1) is 9.65. The second-order valence-electron chi connectivity index (χ2n) is 5.49. The summed E-state index contributed by atoms with van der Waals surface area (Å²) in [4.78, 5) is 2.51. The van der Waals surface area contributed by atoms with Gasteiger partial charge in [-0.25, -0.2) is 0 Å². The van der Waals surface area contributed by atoms with Crippen molar-refractivity contribution in [1.29, 1.82) is 0 Å². The fraction of sp³-hybridized carbons (Fsp3) is 0.375. The summed E-state index contributed by atoms with van der Waals surface area (Å²) in [6.45, 7) is 3.02. The molecule has 1 aliphatic rings. The minimum atomic E-state index is 0.0599. The van der Waals surface area contributed by atoms with E-state index in [-0.39, 0.29) is 6.04 Å². The number of benzene rings is 1. The molecule has 1 heterocycles. The van der Waals surface area contributed by atoms with Crippen molar-refractivity contribution in [2.45, 2.75) is 38.4 Å². The van der Waals surface area contributed by atoms with E-state index in [4.69, 9.17) is 5.73 Å². The molecule has 0 amide bonds. The molecular weight excluding hydrogens is 332 g/mol. The number of nitrogens with two attached hydrogens (primary N) is 1. The Hall–Kier alpha value is -0.840. The summed E-state index contributed by atoms with van der Waals surface area (Å²) < 4.78 is 1.11. The van der Waals surface area contributed by atoms with Crippen molar-refractivity contribution in [3.8, 4) is 0 Å². The van der Waals surface area contributed by atoms with Gasteiger partial charge in [-0.15, -0.1) is 0 Å². The van der Waals surface area contributed by atoms with Crippen LogP contribution in [0.25, 0.3) is 0 Å². The third-order valence-corrected chi connectivity index (χ3v) is 5.15. The zero-order valence-corrected chi connectivity index (χ0v) is 14.0. The molecule has 0 bridgehead atoms. The Kier molecular flexibility index (Phi) is 4.15. The highest BCUT2D eigenvalue weighted by Crippen LogP contribution is 2.36. The van der Waals surface area contributed by atoms with Crippen LogP contribution in [-0.2, 0) is 6.54 Å². The van der Waals surface area contributed by atoms with Crippen LogP contribution in [0.15, 0.2) is 39.5 Å². The zero-order chi connectivity index (χ0) is 14.1. The largest absolute Gasteiger partial charge is 0.364 e. The zero-order valence-electron chi connectivity index (χ0n) is 11.6. The van der Waals surface area contributed by atoms with Gasteiger partial charge in [0.2, 0.25) is 0 Å². The van der Waals surface area contributed by atoms with Gasteiger partial charge in [0.25, 0.3) is 0 Å². The fourth-order valence-electron chi connectivity index (χ4n) is 2.46. The molecule has 3 rings (SSSR count). The lowest BCUT2D eigenvalue weighted by Gasteiger charge is -2.25. The van der Waals surface area contributed by atoms with Crippen LogP contribution in [0.3, 0.4) is 0 Å². The van der Waals surface area contributed by atoms with Gasteiger partial charge in [0.05, 0.1) is 0 Å². The van der Waals surface area contributed by atoms with Crippen molar-refractivity contribution in [1.82, 2.24) is 0 Å². The Balaban J connectivity index is 1.86. The van der Waals surface area contributed by atoms with Crippen LogP contribution in [0.5, 0.6) is 0 Å². The summed E-state index contributed by atoms with van der Waals surface area (Å²) in [5, 5.41) is 4.39. The fourth-order valence-corrected chi connectivity index (χ4v) is 3.85. The summed E-state index contributed by atoms with van der Waals surface area (Å²) in [7, 11) is 0. The highest BCUT2D eigenvalue weighted by molar-refractivity contribution is 9.10. The number of hydrogen-bond donors (Lipinski definition) is 1. The number of thiophene rings is 1. The molecule has 0 unspecified atom stereocenters. The van der Waals surface area contributed by atoms with Crippen LogP contribution in [0, 0.1) is 0 Å². The van der Waals surface area contributed by atoms with E-state index in [2.05, 4.69) is 55.9 Å². The van der Waals surface area contributed by atoms with Gasteiger partial charge in [0, 0.05) is 28.8 Å². The van der Waals surface area contributed by atoms with Crippen LogP contribution >= 0.6 is 27.3 Å². The normalized spacial score (nSPS) is 16.1. The molecule has 4 heteroatoms. The molecule has 1 aliphatic carbocycles. The maximum atomic E-state index is 5.98. The van der Waals surface area contributed by atoms with Gasteiger partial charge in [0.15, 0.2) is 0 Å². The van der Waals surface area contributed by atoms with E-state index in [1.54, 1.807) is 11.3 Å². The molecule has 2 nitrogen and oxygen atoms in total. The second kappa shape index (κ2) is 5.88. The average molecular weight is 351 g/mol. The summed E-state index contributed by atoms with van der Waals surface area (Å²) in [5.41, 5.74) is 9.83. The van der Waals surface area contributed by atoms with E-state index in [1.165, 1.54) is 29.7 Å². The number of anilines is 1. The molecule has 1 saturated carbocycles. The molecule has 1 fully saturated rings. The number of hydrogen-bond acceptors (Lipinski definition) is 3. The molecule has 1 atom stereocenters. The molecule has 2 N–H and O–H groups in total. The molecule has 106 valence electrons. The van der Waals surface area contributed by atoms with Crippen LogP contribution < -0.4 is 10.6 Å². The lowest BCUT2D eigenvalue weighted by molar-refractivity contribution is 0.788. The van der Waals surface area contributed by atoms with Gasteiger partial charge in [-0.3, -0.25) is 0 Å². The number of rotatable bonds is 5. The molecule has 1 aromatic carbocycles. The lowest BCUT2D eigenvalue weighted by atomic mass is 10.1. The minimum absolute atomic E-state index is 0.0599. The van der Waals surface area contributed by atoms with Gasteiger partial charge in [-0.2, -0.15) is 11.3 Å². The molecule has 0 spiro atoms. The summed E-state index contributed by atoms with van der Waals surface area (Å²) in [5.74, 6) is 0. The number of nitrogens with zero attached hydrogens (tertiary/aromatic N) is 1. The van der Waals surface area contributed by atoms with E-state index < -0.39 is 0 Å². The molecule has 1 aromatic heterocycles. The molecule has 2 aromatic rings. The number of halogens is 1. The van der Waals surface area contributed by atoms with E-state index >= 15 is 0 Å². The molecule has 0 radical (unpaired) electrons. The second-order valence-corrected chi connectivity index (χ2v) is 7.12. The van der Waals surface area contributed by atoms with E-state index in [9.17, 15) is 0 Å². The van der Waals surface area contributed by atoms with Gasteiger partial charge in [0.1, 0.15) is 0 Å². The van der Waals surface area contributed by atoms with E-state index in [0.717, 1.165) is 11.0 Å². The molecular formula is C16H19BrN2S. The molecule has 0 aliphatic heterocycles. The van der Waals surface area contributed by atoms with Crippen molar-refractivity contribution in [3.63, 3.8) is 0 Å². The summed E-state index contributed by atoms with van der Waals surface area (Å²) >= 11 is 5.42. The van der Waals surface area contributed by atoms with Gasteiger partial charge in [-0.1, -0.05) is 22.0 Å². The third kappa shape index (κ3) is 3.08. The first kappa shape index (κ1) is 14.1. The first-order valence-corrected chi connectivity index (χ1v) is 8.71. The molecule has 0 saturated heterocycles. The monoisotopic (exact) mass is 350 g/mol. The Morgan fingerprint density at radius 1 is 1.40 bits per heavy atom. The van der Waals surface area contributed by atoms with Gasteiger partial charge in [-0.05, 0) is 59.9 Å². The van der Waals surface area contributed by atoms with Crippen LogP contribution in [-0.4, -0.2) is 6.04 Å².